The molecule has 5 heteroatoms. The van der Waals surface area contributed by atoms with Crippen LogP contribution in [-0.2, 0) is 0 Å². The van der Waals surface area contributed by atoms with Crippen LogP contribution in [0.25, 0.3) is 54.3 Å². The molecule has 0 amide bonds. The van der Waals surface area contributed by atoms with Gasteiger partial charge in [-0.05, 0) is 30.3 Å². The van der Waals surface area contributed by atoms with Crippen molar-refractivity contribution in [2.75, 3.05) is 0 Å². The Morgan fingerprint density at radius 1 is 0.531 bits per heavy atom. The highest BCUT2D eigenvalue weighted by molar-refractivity contribution is 7.26. The molecule has 2 heterocycles. The van der Waals surface area contributed by atoms with E-state index in [0.29, 0.717) is 17.5 Å². The van der Waals surface area contributed by atoms with Crippen molar-refractivity contribution in [2.45, 2.75) is 0 Å². The van der Waals surface area contributed by atoms with E-state index in [-0.39, 0.29) is 0 Å². The molecule has 4 aromatic carbocycles. The summed E-state index contributed by atoms with van der Waals surface area (Å²) in [6.07, 6.45) is 0. The highest BCUT2D eigenvalue weighted by Crippen LogP contribution is 2.39. The van der Waals surface area contributed by atoms with Crippen molar-refractivity contribution in [2.24, 2.45) is 0 Å². The average Bonchev–Trinajstić information content (AvgIpc) is 3.24. The minimum Gasteiger partial charge on any atom is -0.208 e. The highest BCUT2D eigenvalue weighted by atomic mass is 35.5. The van der Waals surface area contributed by atoms with E-state index in [1.807, 2.05) is 72.8 Å². The minimum absolute atomic E-state index is 0.644. The number of thiophene rings is 1. The number of hydrogen-bond donors (Lipinski definition) is 0. The van der Waals surface area contributed by atoms with Crippen molar-refractivity contribution in [3.8, 4) is 34.2 Å². The number of fused-ring (bicyclic) bond motifs is 3. The summed E-state index contributed by atoms with van der Waals surface area (Å²) < 4.78 is 2.37. The smallest absolute Gasteiger partial charge is 0.164 e. The van der Waals surface area contributed by atoms with Crippen molar-refractivity contribution in [3.05, 3.63) is 102 Å². The van der Waals surface area contributed by atoms with Gasteiger partial charge in [-0.2, -0.15) is 0 Å². The zero-order valence-electron chi connectivity index (χ0n) is 16.9. The van der Waals surface area contributed by atoms with Crippen LogP contribution < -0.4 is 0 Å². The van der Waals surface area contributed by atoms with Gasteiger partial charge in [0.15, 0.2) is 17.5 Å². The number of aromatic nitrogens is 3. The second-order valence-corrected chi connectivity index (χ2v) is 8.96. The number of halogens is 1. The van der Waals surface area contributed by atoms with Crippen molar-refractivity contribution >= 4 is 43.1 Å². The number of rotatable bonds is 3. The van der Waals surface area contributed by atoms with Gasteiger partial charge in [0, 0.05) is 41.9 Å². The van der Waals surface area contributed by atoms with Crippen molar-refractivity contribution in [1.82, 2.24) is 15.0 Å². The summed E-state index contributed by atoms with van der Waals surface area (Å²) in [5, 5.41) is 2.96. The summed E-state index contributed by atoms with van der Waals surface area (Å²) in [7, 11) is 0. The molecule has 2 aromatic heterocycles. The van der Waals surface area contributed by atoms with Gasteiger partial charge < -0.3 is 0 Å². The molecule has 0 fully saturated rings. The van der Waals surface area contributed by atoms with Crippen LogP contribution in [0.4, 0.5) is 0 Å². The zero-order valence-corrected chi connectivity index (χ0v) is 18.4. The van der Waals surface area contributed by atoms with Crippen LogP contribution >= 0.6 is 22.9 Å². The molecule has 0 spiro atoms. The Morgan fingerprint density at radius 2 is 1.12 bits per heavy atom. The summed E-state index contributed by atoms with van der Waals surface area (Å²) in [5.41, 5.74) is 2.85. The van der Waals surface area contributed by atoms with Gasteiger partial charge in [-0.3, -0.25) is 0 Å². The molecule has 0 unspecified atom stereocenters. The summed E-state index contributed by atoms with van der Waals surface area (Å²) in [6, 6.07) is 32.4. The van der Waals surface area contributed by atoms with E-state index in [0.717, 1.165) is 32.5 Å². The van der Waals surface area contributed by atoms with Gasteiger partial charge in [0.25, 0.3) is 0 Å². The fourth-order valence-corrected chi connectivity index (χ4v) is 5.31. The lowest BCUT2D eigenvalue weighted by molar-refractivity contribution is 1.07. The second-order valence-electron chi connectivity index (χ2n) is 7.46. The molecule has 3 nitrogen and oxygen atoms in total. The Balaban J connectivity index is 1.59. The predicted molar refractivity (Wildman–Crippen MR) is 134 cm³/mol. The molecule has 6 aromatic rings. The first kappa shape index (κ1) is 19.1. The molecule has 6 rings (SSSR count). The molecule has 0 atom stereocenters. The first-order chi connectivity index (χ1) is 15.8. The maximum Gasteiger partial charge on any atom is 0.164 e. The van der Waals surface area contributed by atoms with E-state index >= 15 is 0 Å². The topological polar surface area (TPSA) is 38.7 Å². The van der Waals surface area contributed by atoms with Crippen molar-refractivity contribution < 1.29 is 0 Å². The van der Waals surface area contributed by atoms with Crippen LogP contribution in [0.15, 0.2) is 97.1 Å². The van der Waals surface area contributed by atoms with Gasteiger partial charge in [0.05, 0.1) is 0 Å². The first-order valence-corrected chi connectivity index (χ1v) is 11.4. The molecule has 0 radical (unpaired) electrons. The van der Waals surface area contributed by atoms with Crippen molar-refractivity contribution in [3.63, 3.8) is 0 Å². The normalized spacial score (nSPS) is 11.3. The molecule has 0 N–H and O–H groups in total. The molecule has 32 heavy (non-hydrogen) atoms. The lowest BCUT2D eigenvalue weighted by Crippen LogP contribution is -2.00. The Bertz CT molecular complexity index is 1520. The van der Waals surface area contributed by atoms with Crippen LogP contribution in [0.5, 0.6) is 0 Å². The third-order valence-corrected chi connectivity index (χ3v) is 6.85. The summed E-state index contributed by atoms with van der Waals surface area (Å²) >= 11 is 8.29. The van der Waals surface area contributed by atoms with Crippen LogP contribution in [0.2, 0.25) is 5.02 Å². The lowest BCUT2D eigenvalue weighted by atomic mass is 10.1. The molecular weight excluding hydrogens is 434 g/mol. The molecular formula is C27H16ClN3S. The Kier molecular flexibility index (Phi) is 4.67. The molecule has 0 saturated carbocycles. The van der Waals surface area contributed by atoms with E-state index in [1.165, 1.54) is 9.40 Å². The van der Waals surface area contributed by atoms with Gasteiger partial charge in [0.1, 0.15) is 0 Å². The Morgan fingerprint density at radius 3 is 1.75 bits per heavy atom. The van der Waals surface area contributed by atoms with Gasteiger partial charge in [0.2, 0.25) is 0 Å². The van der Waals surface area contributed by atoms with Crippen molar-refractivity contribution in [1.29, 1.82) is 0 Å². The standard InChI is InChI=1S/C27H16ClN3S/c28-21-12-7-13-23-24(21)20-16-19(14-15-22(20)32-23)27-30-25(17-8-3-1-4-9-17)29-26(31-27)18-10-5-2-6-11-18/h1-16H. The van der Waals surface area contributed by atoms with Gasteiger partial charge in [-0.25, -0.2) is 15.0 Å². The van der Waals surface area contributed by atoms with E-state index in [1.54, 1.807) is 11.3 Å². The molecule has 0 saturated heterocycles. The van der Waals surface area contributed by atoms with Crippen LogP contribution in [0.1, 0.15) is 0 Å². The summed E-state index contributed by atoms with van der Waals surface area (Å²) in [4.78, 5) is 14.5. The summed E-state index contributed by atoms with van der Waals surface area (Å²) in [5.74, 6) is 1.96. The van der Waals surface area contributed by atoms with Gasteiger partial charge in [-0.1, -0.05) is 78.3 Å². The number of benzene rings is 4. The molecule has 152 valence electrons. The maximum absolute atomic E-state index is 6.55. The van der Waals surface area contributed by atoms with E-state index in [9.17, 15) is 0 Å². The lowest BCUT2D eigenvalue weighted by Gasteiger charge is -2.08. The molecule has 0 aliphatic heterocycles. The van der Waals surface area contributed by atoms with Crippen LogP contribution in [0.3, 0.4) is 0 Å². The Labute approximate surface area is 194 Å². The van der Waals surface area contributed by atoms with Crippen LogP contribution in [-0.4, -0.2) is 15.0 Å². The largest absolute Gasteiger partial charge is 0.208 e. The molecule has 0 bridgehead atoms. The first-order valence-electron chi connectivity index (χ1n) is 10.2. The van der Waals surface area contributed by atoms with E-state index < -0.39 is 0 Å². The van der Waals surface area contributed by atoms with E-state index in [2.05, 4.69) is 24.3 Å². The minimum atomic E-state index is 0.644. The Hall–Kier alpha value is -3.60. The SMILES string of the molecule is Clc1cccc2sc3ccc(-c4nc(-c5ccccc5)nc(-c5ccccc5)n4)cc3c12. The third-order valence-electron chi connectivity index (χ3n) is 5.40. The molecule has 0 aliphatic rings. The number of hydrogen-bond acceptors (Lipinski definition) is 4. The second kappa shape index (κ2) is 7.83. The fourth-order valence-electron chi connectivity index (χ4n) is 3.86. The average molecular weight is 450 g/mol. The van der Waals surface area contributed by atoms with Gasteiger partial charge >= 0.3 is 0 Å². The highest BCUT2D eigenvalue weighted by Gasteiger charge is 2.14. The maximum atomic E-state index is 6.55. The van der Waals surface area contributed by atoms with Crippen LogP contribution in [0, 0.1) is 0 Å². The third kappa shape index (κ3) is 3.34. The van der Waals surface area contributed by atoms with Gasteiger partial charge in [-0.15, -0.1) is 11.3 Å². The number of nitrogens with zero attached hydrogens (tertiary/aromatic N) is 3. The fraction of sp³-hybridized carbons (Fsp3) is 0. The monoisotopic (exact) mass is 449 g/mol. The summed E-state index contributed by atoms with van der Waals surface area (Å²) in [6.45, 7) is 0. The van der Waals surface area contributed by atoms with E-state index in [4.69, 9.17) is 26.6 Å². The zero-order chi connectivity index (χ0) is 21.5. The quantitative estimate of drug-likeness (QED) is 0.275. The molecule has 0 aliphatic carbocycles. The predicted octanol–water partition coefficient (Wildman–Crippen LogP) is 7.89.